The number of morpholine rings is 1. The average molecular weight is 332 g/mol. The highest BCUT2D eigenvalue weighted by Gasteiger charge is 2.19. The number of hydrogen-bond donors (Lipinski definition) is 0. The van der Waals surface area contributed by atoms with Gasteiger partial charge in [0.25, 0.3) is 0 Å². The van der Waals surface area contributed by atoms with Crippen molar-refractivity contribution < 1.29 is 4.74 Å². The minimum absolute atomic E-state index is 0.199. The minimum atomic E-state index is 0.199. The van der Waals surface area contributed by atoms with Gasteiger partial charge < -0.3 is 9.64 Å². The van der Waals surface area contributed by atoms with Crippen LogP contribution in [-0.2, 0) is 4.74 Å². The first-order valence-corrected chi connectivity index (χ1v) is 7.68. The van der Waals surface area contributed by atoms with Crippen molar-refractivity contribution in [3.05, 3.63) is 58.6 Å². The van der Waals surface area contributed by atoms with Gasteiger partial charge in [-0.25, -0.2) is 0 Å². The fourth-order valence-corrected chi connectivity index (χ4v) is 2.94. The van der Waals surface area contributed by atoms with Gasteiger partial charge in [-0.05, 0) is 35.9 Å². The second kappa shape index (κ2) is 6.08. The van der Waals surface area contributed by atoms with Gasteiger partial charge in [-0.15, -0.1) is 0 Å². The van der Waals surface area contributed by atoms with Gasteiger partial charge in [-0.2, -0.15) is 0 Å². The molecule has 2 aromatic carbocycles. The summed E-state index contributed by atoms with van der Waals surface area (Å²) in [5, 5.41) is 0. The van der Waals surface area contributed by atoms with Gasteiger partial charge >= 0.3 is 0 Å². The van der Waals surface area contributed by atoms with E-state index < -0.39 is 0 Å². The molecule has 0 amide bonds. The zero-order valence-electron chi connectivity index (χ0n) is 11.6. The first-order valence-electron chi connectivity index (χ1n) is 6.88. The summed E-state index contributed by atoms with van der Waals surface area (Å²) in [4.78, 5) is 2.32. The van der Waals surface area contributed by atoms with Crippen LogP contribution in [0, 0.1) is 0 Å². The first kappa shape index (κ1) is 13.8. The Morgan fingerprint density at radius 2 is 1.90 bits per heavy atom. The van der Waals surface area contributed by atoms with Gasteiger partial charge in [0.05, 0.1) is 12.7 Å². The van der Waals surface area contributed by atoms with Gasteiger partial charge in [-0.1, -0.05) is 52.3 Å². The maximum atomic E-state index is 5.85. The Hall–Kier alpha value is -1.16. The normalized spacial score (nSPS) is 20.0. The summed E-state index contributed by atoms with van der Waals surface area (Å²) in [7, 11) is 2.14. The molecule has 0 bridgehead atoms. The Kier molecular flexibility index (Phi) is 4.20. The largest absolute Gasteiger partial charge is 0.371 e. The van der Waals surface area contributed by atoms with Crippen LogP contribution in [0.25, 0.3) is 11.1 Å². The van der Waals surface area contributed by atoms with Crippen molar-refractivity contribution in [3.63, 3.8) is 0 Å². The summed E-state index contributed by atoms with van der Waals surface area (Å²) < 4.78 is 6.96. The number of nitrogens with zero attached hydrogens (tertiary/aromatic N) is 1. The Morgan fingerprint density at radius 1 is 1.10 bits per heavy atom. The third-order valence-corrected chi connectivity index (χ3v) is 4.20. The van der Waals surface area contributed by atoms with Crippen LogP contribution < -0.4 is 0 Å². The fourth-order valence-electron chi connectivity index (χ4n) is 2.54. The SMILES string of the molecule is CN1CCOC(c2ccc(-c3cccc(Br)c3)cc2)C1. The van der Waals surface area contributed by atoms with Crippen LogP contribution in [0.4, 0.5) is 0 Å². The topological polar surface area (TPSA) is 12.5 Å². The van der Waals surface area contributed by atoms with E-state index in [9.17, 15) is 0 Å². The maximum absolute atomic E-state index is 5.85. The summed E-state index contributed by atoms with van der Waals surface area (Å²) in [5.41, 5.74) is 3.72. The molecule has 1 unspecified atom stereocenters. The molecule has 1 aliphatic heterocycles. The number of hydrogen-bond acceptors (Lipinski definition) is 2. The van der Waals surface area contributed by atoms with Gasteiger partial charge in [0, 0.05) is 17.6 Å². The van der Waals surface area contributed by atoms with Crippen molar-refractivity contribution in [2.45, 2.75) is 6.10 Å². The van der Waals surface area contributed by atoms with Crippen LogP contribution in [0.1, 0.15) is 11.7 Å². The number of benzene rings is 2. The summed E-state index contributed by atoms with van der Waals surface area (Å²) in [5.74, 6) is 0. The molecule has 0 saturated carbocycles. The number of halogens is 1. The van der Waals surface area contributed by atoms with Crippen LogP contribution in [0.2, 0.25) is 0 Å². The predicted octanol–water partition coefficient (Wildman–Crippen LogP) is 4.12. The van der Waals surface area contributed by atoms with Crippen LogP contribution in [0.3, 0.4) is 0 Å². The minimum Gasteiger partial charge on any atom is -0.371 e. The van der Waals surface area contributed by atoms with E-state index in [1.807, 2.05) is 6.07 Å². The standard InChI is InChI=1S/C17H18BrNO/c1-19-9-10-20-17(12-19)14-7-5-13(6-8-14)15-3-2-4-16(18)11-15/h2-8,11,17H,9-10,12H2,1H3. The van der Waals surface area contributed by atoms with E-state index >= 15 is 0 Å². The second-order valence-corrected chi connectivity index (χ2v) is 6.17. The van der Waals surface area contributed by atoms with Crippen molar-refractivity contribution in [2.24, 2.45) is 0 Å². The Balaban J connectivity index is 1.80. The van der Waals surface area contributed by atoms with E-state index in [4.69, 9.17) is 4.74 Å². The molecule has 3 rings (SSSR count). The highest BCUT2D eigenvalue weighted by molar-refractivity contribution is 9.10. The number of rotatable bonds is 2. The fraction of sp³-hybridized carbons (Fsp3) is 0.294. The Bertz CT molecular complexity index is 582. The molecule has 20 heavy (non-hydrogen) atoms. The van der Waals surface area contributed by atoms with Crippen LogP contribution in [-0.4, -0.2) is 31.6 Å². The molecule has 0 radical (unpaired) electrons. The summed E-state index contributed by atoms with van der Waals surface area (Å²) in [6.45, 7) is 2.80. The molecule has 1 saturated heterocycles. The van der Waals surface area contributed by atoms with Gasteiger partial charge in [0.15, 0.2) is 0 Å². The number of likely N-dealkylation sites (N-methyl/N-ethyl adjacent to an activating group) is 1. The lowest BCUT2D eigenvalue weighted by Crippen LogP contribution is -2.35. The van der Waals surface area contributed by atoms with Crippen molar-refractivity contribution in [1.29, 1.82) is 0 Å². The van der Waals surface area contributed by atoms with E-state index in [0.717, 1.165) is 24.2 Å². The highest BCUT2D eigenvalue weighted by atomic mass is 79.9. The molecule has 1 atom stereocenters. The third kappa shape index (κ3) is 3.11. The lowest BCUT2D eigenvalue weighted by atomic mass is 10.0. The van der Waals surface area contributed by atoms with Crippen molar-refractivity contribution in [2.75, 3.05) is 26.7 Å². The van der Waals surface area contributed by atoms with Crippen LogP contribution in [0.5, 0.6) is 0 Å². The molecular formula is C17H18BrNO. The smallest absolute Gasteiger partial charge is 0.0952 e. The highest BCUT2D eigenvalue weighted by Crippen LogP contribution is 2.27. The van der Waals surface area contributed by atoms with E-state index in [2.05, 4.69) is 70.3 Å². The van der Waals surface area contributed by atoms with Gasteiger partial charge in [0.2, 0.25) is 0 Å². The lowest BCUT2D eigenvalue weighted by molar-refractivity contribution is -0.0208. The quantitative estimate of drug-likeness (QED) is 0.820. The van der Waals surface area contributed by atoms with Crippen molar-refractivity contribution in [3.8, 4) is 11.1 Å². The van der Waals surface area contributed by atoms with Crippen molar-refractivity contribution in [1.82, 2.24) is 4.90 Å². The predicted molar refractivity (Wildman–Crippen MR) is 85.8 cm³/mol. The molecule has 104 valence electrons. The molecule has 2 aromatic rings. The molecule has 1 aliphatic rings. The third-order valence-electron chi connectivity index (χ3n) is 3.71. The molecule has 0 spiro atoms. The van der Waals surface area contributed by atoms with E-state index in [1.54, 1.807) is 0 Å². The Morgan fingerprint density at radius 3 is 2.60 bits per heavy atom. The molecule has 3 heteroatoms. The molecule has 0 aliphatic carbocycles. The summed E-state index contributed by atoms with van der Waals surface area (Å²) >= 11 is 3.52. The summed E-state index contributed by atoms with van der Waals surface area (Å²) in [6, 6.07) is 17.1. The monoisotopic (exact) mass is 331 g/mol. The molecule has 0 N–H and O–H groups in total. The first-order chi connectivity index (χ1) is 9.72. The summed E-state index contributed by atoms with van der Waals surface area (Å²) in [6.07, 6.45) is 0.199. The molecular weight excluding hydrogens is 314 g/mol. The van der Waals surface area contributed by atoms with Gasteiger partial charge in [-0.3, -0.25) is 0 Å². The molecule has 2 nitrogen and oxygen atoms in total. The molecule has 1 heterocycles. The number of ether oxygens (including phenoxy) is 1. The molecule has 1 fully saturated rings. The second-order valence-electron chi connectivity index (χ2n) is 5.25. The Labute approximate surface area is 128 Å². The molecule has 0 aromatic heterocycles. The van der Waals surface area contributed by atoms with Crippen LogP contribution in [0.15, 0.2) is 53.0 Å². The van der Waals surface area contributed by atoms with E-state index in [1.165, 1.54) is 16.7 Å². The zero-order valence-corrected chi connectivity index (χ0v) is 13.1. The van der Waals surface area contributed by atoms with Crippen molar-refractivity contribution >= 4 is 15.9 Å². The zero-order chi connectivity index (χ0) is 13.9. The van der Waals surface area contributed by atoms with Crippen LogP contribution >= 0.6 is 15.9 Å². The van der Waals surface area contributed by atoms with E-state index in [0.29, 0.717) is 0 Å². The maximum Gasteiger partial charge on any atom is 0.0952 e. The lowest BCUT2D eigenvalue weighted by Gasteiger charge is -2.30. The van der Waals surface area contributed by atoms with E-state index in [-0.39, 0.29) is 6.10 Å². The average Bonchev–Trinajstić information content (AvgIpc) is 2.47. The van der Waals surface area contributed by atoms with Gasteiger partial charge in [0.1, 0.15) is 0 Å².